The van der Waals surface area contributed by atoms with E-state index in [2.05, 4.69) is 125 Å². The minimum atomic E-state index is -4.98. The number of aliphatic hydroxyl groups excluding tert-OH is 1. The van der Waals surface area contributed by atoms with Crippen LogP contribution in [0.2, 0.25) is 0 Å². The summed E-state index contributed by atoms with van der Waals surface area (Å²) in [6.07, 6.45) is 76.6. The van der Waals surface area contributed by atoms with E-state index in [0.29, 0.717) is 25.7 Å². The van der Waals surface area contributed by atoms with Crippen molar-refractivity contribution in [3.05, 3.63) is 97.2 Å². The number of carbonyl (C=O) groups excluding carboxylic acids is 4. The molecule has 0 rings (SSSR count). The lowest BCUT2D eigenvalue weighted by Crippen LogP contribution is -2.30. The minimum Gasteiger partial charge on any atom is -0.462 e. The van der Waals surface area contributed by atoms with Gasteiger partial charge in [0, 0.05) is 25.7 Å². The molecule has 5 atom stereocenters. The number of ether oxygens (including phenoxy) is 4. The van der Waals surface area contributed by atoms with Crippen LogP contribution >= 0.6 is 15.6 Å². The average Bonchev–Trinajstić information content (AvgIpc) is 1.01. The monoisotopic (exact) mass is 1450 g/mol. The third kappa shape index (κ3) is 72.3. The lowest BCUT2D eigenvalue weighted by molar-refractivity contribution is -0.161. The highest BCUT2D eigenvalue weighted by Crippen LogP contribution is 2.45. The van der Waals surface area contributed by atoms with E-state index in [1.165, 1.54) is 89.9 Å². The fraction of sp³-hybridized carbons (Fsp3) is 0.753. The Hall–Kier alpha value is -4.02. The highest BCUT2D eigenvalue weighted by Gasteiger charge is 2.30. The maximum absolute atomic E-state index is 13.1. The van der Waals surface area contributed by atoms with Crippen molar-refractivity contribution in [3.63, 3.8) is 0 Å². The molecule has 0 aromatic carbocycles. The number of unbranched alkanes of at least 4 members (excludes halogenated alkanes) is 34. The highest BCUT2D eigenvalue weighted by atomic mass is 31.2. The molecule has 0 fully saturated rings. The smallest absolute Gasteiger partial charge is 0.462 e. The van der Waals surface area contributed by atoms with E-state index in [9.17, 15) is 43.2 Å². The van der Waals surface area contributed by atoms with E-state index < -0.39 is 97.5 Å². The molecule has 0 aliphatic carbocycles. The molecule has 19 heteroatoms. The van der Waals surface area contributed by atoms with E-state index in [-0.39, 0.29) is 25.7 Å². The van der Waals surface area contributed by atoms with Crippen molar-refractivity contribution >= 4 is 39.5 Å². The number of aliphatic hydroxyl groups is 1. The van der Waals surface area contributed by atoms with Crippen LogP contribution in [0.1, 0.15) is 336 Å². The van der Waals surface area contributed by atoms with Crippen molar-refractivity contribution in [2.45, 2.75) is 354 Å². The first-order valence-corrected chi connectivity index (χ1v) is 42.5. The van der Waals surface area contributed by atoms with Crippen LogP contribution in [0.15, 0.2) is 97.2 Å². The van der Waals surface area contributed by atoms with Gasteiger partial charge in [0.2, 0.25) is 0 Å². The van der Waals surface area contributed by atoms with Crippen molar-refractivity contribution in [3.8, 4) is 0 Å². The largest absolute Gasteiger partial charge is 0.472 e. The van der Waals surface area contributed by atoms with Gasteiger partial charge in [0.1, 0.15) is 19.3 Å². The number of esters is 4. The molecule has 100 heavy (non-hydrogen) atoms. The number of hydrogen-bond acceptors (Lipinski definition) is 15. The van der Waals surface area contributed by atoms with Gasteiger partial charge in [-0.1, -0.05) is 266 Å². The third-order valence-electron chi connectivity index (χ3n) is 16.5. The molecule has 2 unspecified atom stereocenters. The lowest BCUT2D eigenvalue weighted by atomic mass is 10.1. The summed E-state index contributed by atoms with van der Waals surface area (Å²) in [5, 5.41) is 10.6. The zero-order valence-electron chi connectivity index (χ0n) is 63.1. The second-order valence-electron chi connectivity index (χ2n) is 26.3. The van der Waals surface area contributed by atoms with Crippen molar-refractivity contribution < 1.29 is 80.2 Å². The molecule has 0 bridgehead atoms. The van der Waals surface area contributed by atoms with E-state index in [4.69, 9.17) is 37.0 Å². The van der Waals surface area contributed by atoms with Gasteiger partial charge in [-0.2, -0.15) is 0 Å². The number of phosphoric acid groups is 2. The molecule has 0 spiro atoms. The van der Waals surface area contributed by atoms with Crippen LogP contribution in [0.3, 0.4) is 0 Å². The molecule has 0 saturated carbocycles. The first-order valence-electron chi connectivity index (χ1n) is 39.5. The summed E-state index contributed by atoms with van der Waals surface area (Å²) < 4.78 is 68.5. The van der Waals surface area contributed by atoms with Gasteiger partial charge in [-0.25, -0.2) is 9.13 Å². The normalized spacial score (nSPS) is 14.4. The minimum absolute atomic E-state index is 0.0738. The molecular weight excluding hydrogens is 1310 g/mol. The number of phosphoric ester groups is 2. The summed E-state index contributed by atoms with van der Waals surface area (Å²) in [5.41, 5.74) is 0. The Morgan fingerprint density at radius 3 is 0.820 bits per heavy atom. The van der Waals surface area contributed by atoms with E-state index >= 15 is 0 Å². The molecule has 0 amide bonds. The van der Waals surface area contributed by atoms with Crippen LogP contribution < -0.4 is 0 Å². The van der Waals surface area contributed by atoms with Gasteiger partial charge in [-0.05, 0) is 141 Å². The van der Waals surface area contributed by atoms with Crippen molar-refractivity contribution in [2.24, 2.45) is 0 Å². The topological polar surface area (TPSA) is 237 Å². The molecule has 578 valence electrons. The number of rotatable bonds is 74. The predicted molar refractivity (Wildman–Crippen MR) is 409 cm³/mol. The van der Waals surface area contributed by atoms with Crippen molar-refractivity contribution in [1.29, 1.82) is 0 Å². The second-order valence-corrected chi connectivity index (χ2v) is 29.3. The van der Waals surface area contributed by atoms with E-state index in [1.807, 2.05) is 0 Å². The lowest BCUT2D eigenvalue weighted by Gasteiger charge is -2.21. The van der Waals surface area contributed by atoms with Crippen LogP contribution in [-0.4, -0.2) is 96.7 Å². The van der Waals surface area contributed by atoms with Crippen LogP contribution in [-0.2, 0) is 65.4 Å². The SMILES string of the molecule is CCCCC/C=C\C/C=C\CCCCCCCC(=O)OC[C@H](COP(=O)(O)OC[C@@H](O)COP(=O)(O)OC[C@@H](COC(=O)CCCCCCC/C=C\C=C/CCCCCC)OC(=O)CCCCCCC/C=C\C=C/CCCCCC)OC(=O)CCCCCCC/C=C\C/C=C\CCCCC. The van der Waals surface area contributed by atoms with Crippen molar-refractivity contribution in [2.75, 3.05) is 39.6 Å². The molecule has 0 aliphatic rings. The van der Waals surface area contributed by atoms with Crippen LogP contribution in [0.4, 0.5) is 0 Å². The van der Waals surface area contributed by atoms with Gasteiger partial charge in [0.05, 0.1) is 26.4 Å². The molecular formula is C81H142O17P2. The molecule has 0 radical (unpaired) electrons. The van der Waals surface area contributed by atoms with Gasteiger partial charge in [-0.3, -0.25) is 37.3 Å². The Morgan fingerprint density at radius 2 is 0.520 bits per heavy atom. The molecule has 0 aliphatic heterocycles. The Bertz CT molecular complexity index is 2270. The highest BCUT2D eigenvalue weighted by molar-refractivity contribution is 7.47. The zero-order valence-corrected chi connectivity index (χ0v) is 64.9. The van der Waals surface area contributed by atoms with Gasteiger partial charge < -0.3 is 33.8 Å². The van der Waals surface area contributed by atoms with Gasteiger partial charge in [0.15, 0.2) is 12.2 Å². The summed E-state index contributed by atoms with van der Waals surface area (Å²) >= 11 is 0. The Labute approximate surface area is 607 Å². The number of carbonyl (C=O) groups is 4. The van der Waals surface area contributed by atoms with E-state index in [0.717, 1.165) is 167 Å². The van der Waals surface area contributed by atoms with E-state index in [1.54, 1.807) is 0 Å². The van der Waals surface area contributed by atoms with Crippen LogP contribution in [0, 0.1) is 0 Å². The quantitative estimate of drug-likeness (QED) is 0.0128. The fourth-order valence-corrected chi connectivity index (χ4v) is 12.0. The van der Waals surface area contributed by atoms with Crippen LogP contribution in [0.25, 0.3) is 0 Å². The molecule has 17 nitrogen and oxygen atoms in total. The first kappa shape index (κ1) is 96.0. The summed E-state index contributed by atoms with van der Waals surface area (Å²) in [4.78, 5) is 72.9. The summed E-state index contributed by atoms with van der Waals surface area (Å²) in [6, 6.07) is 0. The number of hydrogen-bond donors (Lipinski definition) is 3. The summed E-state index contributed by atoms with van der Waals surface area (Å²) in [7, 11) is -9.97. The van der Waals surface area contributed by atoms with Crippen molar-refractivity contribution in [1.82, 2.24) is 0 Å². The summed E-state index contributed by atoms with van der Waals surface area (Å²) in [6.45, 7) is 4.74. The predicted octanol–water partition coefficient (Wildman–Crippen LogP) is 22.8. The maximum atomic E-state index is 13.1. The Balaban J connectivity index is 5.40. The fourth-order valence-electron chi connectivity index (χ4n) is 10.4. The van der Waals surface area contributed by atoms with Crippen LogP contribution in [0.5, 0.6) is 0 Å². The Morgan fingerprint density at radius 1 is 0.290 bits per heavy atom. The summed E-state index contributed by atoms with van der Waals surface area (Å²) in [5.74, 6) is -2.23. The molecule has 3 N–H and O–H groups in total. The zero-order chi connectivity index (χ0) is 73.2. The standard InChI is InChI=1S/C81H142O17P2/c1-5-9-13-17-21-25-29-33-37-41-45-49-53-57-61-65-78(83)91-71-76(97-80(85)67-63-59-55-51-47-43-39-35-31-27-23-19-15-11-7-3)73-95-99(87,88)93-69-75(82)70-94-100(89,90)96-74-77(98-81(86)68-64-60-56-52-48-44-40-36-32-28-24-20-16-12-8-4)72-92-79(84)66-62-58-54-50-46-42-38-34-30-26-22-18-14-10-6-2/h21,23,25-28,30,32-40,75-77,82H,5-20,22,24,29,31,41-74H2,1-4H3,(H,87,88)(H,89,90)/b25-21-,27-23-,30-26-,32-28-,37-33-,38-34-,39-35-,40-36-/t75-,76-,77-/m1/s1. The molecule has 0 aromatic heterocycles. The van der Waals surface area contributed by atoms with Gasteiger partial charge >= 0.3 is 39.5 Å². The van der Waals surface area contributed by atoms with Gasteiger partial charge in [0.25, 0.3) is 0 Å². The molecule has 0 aromatic rings. The second kappa shape index (κ2) is 73.3. The number of allylic oxidation sites excluding steroid dienone is 16. The first-order chi connectivity index (χ1) is 48.7. The molecule has 0 saturated heterocycles. The maximum Gasteiger partial charge on any atom is 0.472 e. The Kier molecular flexibility index (Phi) is 70.4. The molecule has 0 heterocycles. The van der Waals surface area contributed by atoms with Gasteiger partial charge in [-0.15, -0.1) is 0 Å². The third-order valence-corrected chi connectivity index (χ3v) is 18.4. The average molecular weight is 1450 g/mol.